The molecule has 0 aromatic carbocycles. The number of rotatable bonds is 8. The summed E-state index contributed by atoms with van der Waals surface area (Å²) < 4.78 is 54.7. The van der Waals surface area contributed by atoms with Crippen LogP contribution in [0.2, 0.25) is 0 Å². The van der Waals surface area contributed by atoms with Gasteiger partial charge in [0.05, 0.1) is 25.9 Å². The zero-order valence-corrected chi connectivity index (χ0v) is 24.4. The Morgan fingerprint density at radius 3 is 2.73 bits per heavy atom. The van der Waals surface area contributed by atoms with Crippen molar-refractivity contribution in [2.75, 3.05) is 30.9 Å². The molecule has 0 radical (unpaired) electrons. The summed E-state index contributed by atoms with van der Waals surface area (Å²) in [4.78, 5) is 44.8. The number of carbonyl (C=O) groups is 1. The van der Waals surface area contributed by atoms with Crippen LogP contribution in [0.15, 0.2) is 23.8 Å². The Bertz CT molecular complexity index is 1940. The monoisotopic (exact) mass is 670 g/mol. The molecule has 0 aliphatic carbocycles. The SMILES string of the molecule is Nc1ncnc2c1ncn2[C@]1(F)CO[C@H](COP(=O)(S)O[C@@H]2[C@H](O)[C@@H](CO)O[C@H]2n2cnc3c(=O)n4c(nc32)NC(=O)C4)[C@H]1O. The van der Waals surface area contributed by atoms with Crippen molar-refractivity contribution in [3.8, 4) is 0 Å². The molecule has 2 saturated heterocycles. The standard InChI is InChI=1S/C22H24FN10O10PS/c23-22(33-7-28-11-16(24)25-5-26-17(11)33)4-40-9(15(22)37)3-41-44(39,45)43-14-13(36)8(2-34)42-20(14)32-6-27-12-18(32)30-21-29-10(35)1-31(21)19(12)38/h5-9,13-15,20,34,36-37H,1-4H2,(H,39,45)(H2,24,25,26)(H,29,30,35)/t8-,9-,13-,14-,15-,20-,22-,44?/m1/s1. The van der Waals surface area contributed by atoms with Crippen LogP contribution >= 0.6 is 19.0 Å². The van der Waals surface area contributed by atoms with E-state index in [0.29, 0.717) is 0 Å². The second kappa shape index (κ2) is 10.7. The molecule has 0 bridgehead atoms. The van der Waals surface area contributed by atoms with Gasteiger partial charge < -0.3 is 30.5 Å². The zero-order valence-electron chi connectivity index (χ0n) is 22.7. The summed E-state index contributed by atoms with van der Waals surface area (Å²) in [6.45, 7) is -6.70. The molecule has 7 rings (SSSR count). The molecule has 6 N–H and O–H groups in total. The Morgan fingerprint density at radius 2 is 1.96 bits per heavy atom. The van der Waals surface area contributed by atoms with Gasteiger partial charge in [-0.15, -0.1) is 0 Å². The molecule has 2 fully saturated rings. The third-order valence-electron chi connectivity index (χ3n) is 7.73. The highest BCUT2D eigenvalue weighted by Gasteiger charge is 2.54. The Hall–Kier alpha value is -3.60. The van der Waals surface area contributed by atoms with Gasteiger partial charge in [-0.2, -0.15) is 4.98 Å². The van der Waals surface area contributed by atoms with Crippen molar-refractivity contribution in [2.45, 2.75) is 49.1 Å². The van der Waals surface area contributed by atoms with Crippen LogP contribution in [-0.2, 0) is 40.2 Å². The van der Waals surface area contributed by atoms with E-state index in [0.717, 1.165) is 28.1 Å². The number of anilines is 2. The molecule has 3 aliphatic heterocycles. The summed E-state index contributed by atoms with van der Waals surface area (Å²) >= 11 is 3.98. The number of fused-ring (bicyclic) bond motifs is 3. The third kappa shape index (κ3) is 4.80. The topological polar surface area (TPSA) is 266 Å². The number of nitrogen functional groups attached to an aromatic ring is 1. The fourth-order valence-electron chi connectivity index (χ4n) is 5.46. The lowest BCUT2D eigenvalue weighted by molar-refractivity contribution is -0.115. The predicted octanol–water partition coefficient (Wildman–Crippen LogP) is -1.96. The van der Waals surface area contributed by atoms with Gasteiger partial charge in [-0.25, -0.2) is 28.9 Å². The molecule has 4 aromatic rings. The number of nitrogens with two attached hydrogens (primary N) is 1. The molecule has 3 aliphatic rings. The summed E-state index contributed by atoms with van der Waals surface area (Å²) in [6, 6.07) is 0. The highest BCUT2D eigenvalue weighted by atomic mass is 32.7. The first-order chi connectivity index (χ1) is 21.4. The molecule has 240 valence electrons. The Labute approximate surface area is 254 Å². The quantitative estimate of drug-likeness (QED) is 0.0878. The van der Waals surface area contributed by atoms with Crippen LogP contribution in [0.5, 0.6) is 0 Å². The van der Waals surface area contributed by atoms with Gasteiger partial charge in [0.15, 0.2) is 28.9 Å². The number of thiol groups is 1. The number of carbonyl (C=O) groups excluding carboxylic acids is 1. The van der Waals surface area contributed by atoms with Crippen LogP contribution < -0.4 is 16.6 Å². The number of imidazole rings is 2. The number of hydrogen-bond donors (Lipinski definition) is 6. The average Bonchev–Trinajstić information content (AvgIpc) is 3.81. The number of aromatic nitrogens is 8. The molecule has 8 atom stereocenters. The van der Waals surface area contributed by atoms with E-state index < -0.39 is 80.6 Å². The van der Waals surface area contributed by atoms with Gasteiger partial charge in [-0.1, -0.05) is 12.2 Å². The van der Waals surface area contributed by atoms with Crippen molar-refractivity contribution in [2.24, 2.45) is 0 Å². The lowest BCUT2D eigenvalue weighted by Gasteiger charge is -2.27. The molecule has 7 heterocycles. The van der Waals surface area contributed by atoms with Gasteiger partial charge in [-0.3, -0.25) is 37.7 Å². The van der Waals surface area contributed by atoms with Crippen LogP contribution in [0.3, 0.4) is 0 Å². The van der Waals surface area contributed by atoms with Crippen molar-refractivity contribution in [3.05, 3.63) is 29.3 Å². The van der Waals surface area contributed by atoms with Gasteiger partial charge >= 0.3 is 6.80 Å². The van der Waals surface area contributed by atoms with E-state index in [2.05, 4.69) is 42.5 Å². The number of alkyl halides is 1. The lowest BCUT2D eigenvalue weighted by Crippen LogP contribution is -2.43. The molecule has 4 aromatic heterocycles. The second-order valence-electron chi connectivity index (χ2n) is 10.4. The van der Waals surface area contributed by atoms with E-state index in [1.54, 1.807) is 0 Å². The fourth-order valence-corrected chi connectivity index (χ4v) is 6.92. The van der Waals surface area contributed by atoms with Crippen LogP contribution in [-0.4, -0.2) is 110 Å². The minimum atomic E-state index is -4.45. The van der Waals surface area contributed by atoms with Crippen molar-refractivity contribution in [1.82, 2.24) is 38.6 Å². The highest BCUT2D eigenvalue weighted by Crippen LogP contribution is 2.57. The molecule has 0 saturated carbocycles. The number of nitrogens with zero attached hydrogens (tertiary/aromatic N) is 8. The second-order valence-corrected chi connectivity index (χ2v) is 13.3. The first kappa shape index (κ1) is 30.1. The smallest absolute Gasteiger partial charge is 0.386 e. The van der Waals surface area contributed by atoms with Crippen molar-refractivity contribution >= 4 is 59.0 Å². The van der Waals surface area contributed by atoms with E-state index in [-0.39, 0.29) is 40.6 Å². The largest absolute Gasteiger partial charge is 0.394 e. The molecular formula is C22H24FN10O10PS. The molecule has 0 spiro atoms. The fraction of sp³-hybridized carbons (Fsp3) is 0.500. The van der Waals surface area contributed by atoms with E-state index in [1.807, 2.05) is 0 Å². The van der Waals surface area contributed by atoms with E-state index in [1.165, 1.54) is 4.57 Å². The molecule has 1 amide bonds. The van der Waals surface area contributed by atoms with Crippen LogP contribution in [0.4, 0.5) is 16.2 Å². The maximum Gasteiger partial charge on any atom is 0.386 e. The minimum absolute atomic E-state index is 0.00567. The number of aliphatic hydroxyl groups is 3. The number of halogens is 1. The third-order valence-corrected chi connectivity index (χ3v) is 9.34. The van der Waals surface area contributed by atoms with Crippen LogP contribution in [0.1, 0.15) is 6.23 Å². The number of hydrogen-bond acceptors (Lipinski definition) is 16. The van der Waals surface area contributed by atoms with Crippen LogP contribution in [0.25, 0.3) is 22.3 Å². The van der Waals surface area contributed by atoms with Crippen molar-refractivity contribution < 1.29 is 47.6 Å². The molecule has 1 unspecified atom stereocenters. The van der Waals surface area contributed by atoms with Gasteiger partial charge in [0, 0.05) is 0 Å². The molecular weight excluding hydrogens is 646 g/mol. The maximum atomic E-state index is 16.1. The number of ether oxygens (including phenoxy) is 2. The van der Waals surface area contributed by atoms with E-state index >= 15 is 4.39 Å². The minimum Gasteiger partial charge on any atom is -0.394 e. The first-order valence-corrected chi connectivity index (χ1v) is 15.9. The highest BCUT2D eigenvalue weighted by molar-refractivity contribution is 8.44. The van der Waals surface area contributed by atoms with Gasteiger partial charge in [0.1, 0.15) is 55.5 Å². The zero-order chi connectivity index (χ0) is 31.8. The van der Waals surface area contributed by atoms with Gasteiger partial charge in [0.2, 0.25) is 17.6 Å². The van der Waals surface area contributed by atoms with Gasteiger partial charge in [-0.05, 0) is 0 Å². The summed E-state index contributed by atoms with van der Waals surface area (Å²) in [6.07, 6.45) is -5.61. The molecule has 45 heavy (non-hydrogen) atoms. The summed E-state index contributed by atoms with van der Waals surface area (Å²) in [5.41, 5.74) is 5.07. The normalized spacial score (nSPS) is 31.1. The maximum absolute atomic E-state index is 16.1. The number of aliphatic hydroxyl groups excluding tert-OH is 3. The number of nitrogens with one attached hydrogen (secondary N) is 1. The summed E-state index contributed by atoms with van der Waals surface area (Å²) in [7, 11) is 0. The molecule has 20 nitrogen and oxygen atoms in total. The first-order valence-electron chi connectivity index (χ1n) is 13.2. The van der Waals surface area contributed by atoms with Crippen molar-refractivity contribution in [3.63, 3.8) is 0 Å². The van der Waals surface area contributed by atoms with Gasteiger partial charge in [0.25, 0.3) is 5.56 Å². The number of amides is 1. The average molecular weight is 671 g/mol. The predicted molar refractivity (Wildman–Crippen MR) is 149 cm³/mol. The molecule has 23 heteroatoms. The Morgan fingerprint density at radius 1 is 1.18 bits per heavy atom. The summed E-state index contributed by atoms with van der Waals surface area (Å²) in [5.74, 6) is -3.06. The Kier molecular flexibility index (Phi) is 7.18. The summed E-state index contributed by atoms with van der Waals surface area (Å²) in [5, 5.41) is 33.9. The lowest BCUT2D eigenvalue weighted by atomic mass is 10.1. The Balaban J connectivity index is 1.10. The van der Waals surface area contributed by atoms with E-state index in [9.17, 15) is 29.5 Å². The van der Waals surface area contributed by atoms with E-state index in [4.69, 9.17) is 24.3 Å². The van der Waals surface area contributed by atoms with Crippen molar-refractivity contribution in [1.29, 1.82) is 0 Å². The van der Waals surface area contributed by atoms with Crippen LogP contribution in [0, 0.1) is 0 Å².